The lowest BCUT2D eigenvalue weighted by Gasteiger charge is -2.48. The summed E-state index contributed by atoms with van der Waals surface area (Å²) in [5, 5.41) is 17.7. The molecule has 1 aliphatic carbocycles. The second-order valence-electron chi connectivity index (χ2n) is 4.73. The molecule has 0 radical (unpaired) electrons. The van der Waals surface area contributed by atoms with Crippen LogP contribution in [0, 0.1) is 5.41 Å². The molecule has 2 N–H and O–H groups in total. The predicted octanol–water partition coefficient (Wildman–Crippen LogP) is 0.308. The lowest BCUT2D eigenvalue weighted by Crippen LogP contribution is -2.57. The lowest BCUT2D eigenvalue weighted by atomic mass is 9.78. The fourth-order valence-corrected chi connectivity index (χ4v) is 2.80. The van der Waals surface area contributed by atoms with Crippen molar-refractivity contribution in [3.05, 3.63) is 0 Å². The van der Waals surface area contributed by atoms with Crippen molar-refractivity contribution in [2.24, 2.45) is 5.41 Å². The van der Waals surface area contributed by atoms with E-state index in [2.05, 4.69) is 0 Å². The molecule has 1 spiro atoms. The molecule has 2 aliphatic rings. The quantitative estimate of drug-likeness (QED) is 0.686. The van der Waals surface area contributed by atoms with Gasteiger partial charge in [-0.1, -0.05) is 12.8 Å². The van der Waals surface area contributed by atoms with Gasteiger partial charge in [-0.2, -0.15) is 0 Å². The zero-order valence-corrected chi connectivity index (χ0v) is 8.28. The molecule has 1 saturated carbocycles. The summed E-state index contributed by atoms with van der Waals surface area (Å²) in [5.74, 6) is -1.11. The van der Waals surface area contributed by atoms with E-state index in [1.807, 2.05) is 4.90 Å². The highest BCUT2D eigenvalue weighted by Crippen LogP contribution is 2.45. The number of nitrogens with zero attached hydrogens (tertiary/aromatic N) is 1. The van der Waals surface area contributed by atoms with Gasteiger partial charge < -0.3 is 10.2 Å². The summed E-state index contributed by atoms with van der Waals surface area (Å²) in [6.07, 6.45) is 3.98. The van der Waals surface area contributed by atoms with Crippen LogP contribution in [0.4, 0.5) is 0 Å². The summed E-state index contributed by atoms with van der Waals surface area (Å²) in [7, 11) is 0. The minimum atomic E-state index is -1.21. The molecule has 0 bridgehead atoms. The Hall–Kier alpha value is -0.610. The first-order chi connectivity index (χ1) is 6.61. The number of β-amino-alcohol motifs (C(OH)–C–C–N with tert-alkyl or cyclic N) is 1. The van der Waals surface area contributed by atoms with E-state index in [0.29, 0.717) is 5.41 Å². The summed E-state index contributed by atoms with van der Waals surface area (Å²) >= 11 is 0. The van der Waals surface area contributed by atoms with Crippen LogP contribution in [0.3, 0.4) is 0 Å². The van der Waals surface area contributed by atoms with Crippen LogP contribution in [0.25, 0.3) is 0 Å². The number of hydrogen-bond donors (Lipinski definition) is 2. The molecular weight excluding hydrogens is 182 g/mol. The molecule has 0 aromatic rings. The number of rotatable bonds is 3. The van der Waals surface area contributed by atoms with Crippen molar-refractivity contribution in [2.75, 3.05) is 19.6 Å². The fourth-order valence-electron chi connectivity index (χ4n) is 2.80. The maximum atomic E-state index is 10.4. The van der Waals surface area contributed by atoms with E-state index >= 15 is 0 Å². The van der Waals surface area contributed by atoms with Crippen LogP contribution < -0.4 is 0 Å². The Labute approximate surface area is 83.5 Å². The molecule has 2 fully saturated rings. The van der Waals surface area contributed by atoms with E-state index < -0.39 is 12.1 Å². The largest absolute Gasteiger partial charge is 0.479 e. The Bertz CT molecular complexity index is 228. The van der Waals surface area contributed by atoms with Gasteiger partial charge >= 0.3 is 5.97 Å². The number of carboxylic acids is 1. The van der Waals surface area contributed by atoms with Crippen molar-refractivity contribution >= 4 is 5.97 Å². The van der Waals surface area contributed by atoms with Crippen molar-refractivity contribution in [1.82, 2.24) is 4.90 Å². The molecule has 4 nitrogen and oxygen atoms in total. The average molecular weight is 199 g/mol. The topological polar surface area (TPSA) is 60.8 Å². The van der Waals surface area contributed by atoms with Crippen LogP contribution in [-0.2, 0) is 4.79 Å². The molecular formula is C10H17NO3. The first-order valence-corrected chi connectivity index (χ1v) is 5.25. The van der Waals surface area contributed by atoms with Gasteiger partial charge in [0, 0.05) is 19.6 Å². The van der Waals surface area contributed by atoms with Gasteiger partial charge in [0.1, 0.15) is 0 Å². The average Bonchev–Trinajstić information content (AvgIpc) is 2.51. The van der Waals surface area contributed by atoms with E-state index in [4.69, 9.17) is 10.2 Å². The number of aliphatic carboxylic acids is 1. The fraction of sp³-hybridized carbons (Fsp3) is 0.900. The molecule has 80 valence electrons. The second-order valence-corrected chi connectivity index (χ2v) is 4.73. The van der Waals surface area contributed by atoms with Crippen molar-refractivity contribution in [2.45, 2.75) is 31.8 Å². The Morgan fingerprint density at radius 2 is 1.93 bits per heavy atom. The zero-order chi connectivity index (χ0) is 10.2. The van der Waals surface area contributed by atoms with Gasteiger partial charge in [-0.05, 0) is 18.3 Å². The molecule has 0 aromatic carbocycles. The Morgan fingerprint density at radius 1 is 1.36 bits per heavy atom. The van der Waals surface area contributed by atoms with Gasteiger partial charge in [-0.3, -0.25) is 4.90 Å². The first-order valence-electron chi connectivity index (χ1n) is 5.25. The molecule has 0 aromatic heterocycles. The highest BCUT2D eigenvalue weighted by atomic mass is 16.4. The van der Waals surface area contributed by atoms with Crippen LogP contribution in [0.15, 0.2) is 0 Å². The van der Waals surface area contributed by atoms with Crippen molar-refractivity contribution in [3.63, 3.8) is 0 Å². The maximum absolute atomic E-state index is 10.4. The maximum Gasteiger partial charge on any atom is 0.333 e. The molecule has 14 heavy (non-hydrogen) atoms. The molecule has 1 heterocycles. The Balaban J connectivity index is 1.75. The Kier molecular flexibility index (Phi) is 2.49. The van der Waals surface area contributed by atoms with Gasteiger partial charge in [0.25, 0.3) is 0 Å². The summed E-state index contributed by atoms with van der Waals surface area (Å²) in [6.45, 7) is 2.26. The van der Waals surface area contributed by atoms with Crippen molar-refractivity contribution in [3.8, 4) is 0 Å². The monoisotopic (exact) mass is 199 g/mol. The highest BCUT2D eigenvalue weighted by Gasteiger charge is 2.45. The second kappa shape index (κ2) is 3.51. The summed E-state index contributed by atoms with van der Waals surface area (Å²) < 4.78 is 0. The summed E-state index contributed by atoms with van der Waals surface area (Å²) in [5.41, 5.74) is 0.484. The highest BCUT2D eigenvalue weighted by molar-refractivity contribution is 5.72. The Morgan fingerprint density at radius 3 is 2.43 bits per heavy atom. The van der Waals surface area contributed by atoms with Crippen LogP contribution >= 0.6 is 0 Å². The van der Waals surface area contributed by atoms with E-state index in [9.17, 15) is 4.79 Å². The van der Waals surface area contributed by atoms with Gasteiger partial charge in [0.2, 0.25) is 0 Å². The third-order valence-electron chi connectivity index (χ3n) is 3.50. The van der Waals surface area contributed by atoms with Gasteiger partial charge in [0.05, 0.1) is 0 Å². The van der Waals surface area contributed by atoms with Crippen LogP contribution in [0.1, 0.15) is 25.7 Å². The number of carbonyl (C=O) groups is 1. The van der Waals surface area contributed by atoms with Crippen molar-refractivity contribution in [1.29, 1.82) is 0 Å². The number of aliphatic hydroxyl groups is 1. The minimum Gasteiger partial charge on any atom is -0.479 e. The number of hydrogen-bond acceptors (Lipinski definition) is 3. The molecule has 2 rings (SSSR count). The van der Waals surface area contributed by atoms with Gasteiger partial charge in [-0.25, -0.2) is 4.79 Å². The van der Waals surface area contributed by atoms with E-state index in [1.165, 1.54) is 25.7 Å². The first kappa shape index (κ1) is 9.93. The van der Waals surface area contributed by atoms with E-state index in [1.54, 1.807) is 0 Å². The standard InChI is InChI=1S/C10H17NO3/c12-8(9(13)14)5-11-6-10(7-11)3-1-2-4-10/h8,12H,1-7H2,(H,13,14). The smallest absolute Gasteiger partial charge is 0.333 e. The zero-order valence-electron chi connectivity index (χ0n) is 8.28. The number of aliphatic hydroxyl groups excluding tert-OH is 1. The third kappa shape index (κ3) is 1.77. The summed E-state index contributed by atoms with van der Waals surface area (Å²) in [6, 6.07) is 0. The number of likely N-dealkylation sites (tertiary alicyclic amines) is 1. The van der Waals surface area contributed by atoms with Crippen LogP contribution in [-0.4, -0.2) is 46.8 Å². The van der Waals surface area contributed by atoms with Crippen LogP contribution in [0.2, 0.25) is 0 Å². The SMILES string of the molecule is O=C(O)C(O)CN1CC2(CCCC2)C1. The molecule has 4 heteroatoms. The minimum absolute atomic E-state index is 0.289. The van der Waals surface area contributed by atoms with Gasteiger partial charge in [-0.15, -0.1) is 0 Å². The molecule has 0 amide bonds. The number of carboxylic acid groups (broad SMARTS) is 1. The van der Waals surface area contributed by atoms with Gasteiger partial charge in [0.15, 0.2) is 6.10 Å². The van der Waals surface area contributed by atoms with Crippen molar-refractivity contribution < 1.29 is 15.0 Å². The molecule has 1 unspecified atom stereocenters. The third-order valence-corrected chi connectivity index (χ3v) is 3.50. The summed E-state index contributed by atoms with van der Waals surface area (Å²) in [4.78, 5) is 12.5. The lowest BCUT2D eigenvalue weighted by molar-refractivity contribution is -0.149. The van der Waals surface area contributed by atoms with Crippen LogP contribution in [0.5, 0.6) is 0 Å². The predicted molar refractivity (Wildman–Crippen MR) is 51.0 cm³/mol. The van der Waals surface area contributed by atoms with E-state index in [0.717, 1.165) is 13.1 Å². The molecule has 1 atom stereocenters. The normalized spacial score (nSPS) is 27.5. The van der Waals surface area contributed by atoms with E-state index in [-0.39, 0.29) is 6.54 Å². The molecule has 1 saturated heterocycles. The molecule has 1 aliphatic heterocycles.